The molecule has 0 bridgehead atoms. The van der Waals surface area contributed by atoms with E-state index in [4.69, 9.17) is 4.74 Å². The van der Waals surface area contributed by atoms with E-state index in [9.17, 15) is 4.79 Å². The average Bonchev–Trinajstić information content (AvgIpc) is 2.57. The maximum atomic E-state index is 11.7. The van der Waals surface area contributed by atoms with Crippen LogP contribution in [0.5, 0.6) is 5.75 Å². The molecule has 3 nitrogen and oxygen atoms in total. The lowest BCUT2D eigenvalue weighted by Crippen LogP contribution is -2.24. The van der Waals surface area contributed by atoms with Crippen LogP contribution in [0.4, 0.5) is 5.69 Å². The standard InChI is InChI=1S/C11H12BrNO2S/c1-15-7-2-3-10(9(12)4-7)13-6-8(16)5-11(13)14/h2-4,8,16H,5-6H2,1H3. The Bertz CT molecular complexity index is 424. The third kappa shape index (κ3) is 2.20. The van der Waals surface area contributed by atoms with Gasteiger partial charge in [0.1, 0.15) is 5.75 Å². The van der Waals surface area contributed by atoms with Gasteiger partial charge < -0.3 is 9.64 Å². The lowest BCUT2D eigenvalue weighted by atomic mass is 10.3. The first kappa shape index (κ1) is 11.8. The van der Waals surface area contributed by atoms with Crippen LogP contribution in [0.25, 0.3) is 0 Å². The normalized spacial score (nSPS) is 20.3. The third-order valence-corrected chi connectivity index (χ3v) is 3.53. The summed E-state index contributed by atoms with van der Waals surface area (Å²) in [5.74, 6) is 0.885. The number of benzene rings is 1. The minimum atomic E-state index is 0.117. The largest absolute Gasteiger partial charge is 0.497 e. The van der Waals surface area contributed by atoms with Crippen LogP contribution >= 0.6 is 28.6 Å². The zero-order valence-electron chi connectivity index (χ0n) is 8.81. The predicted molar refractivity (Wildman–Crippen MR) is 70.4 cm³/mol. The molecule has 1 amide bonds. The summed E-state index contributed by atoms with van der Waals surface area (Å²) in [5.41, 5.74) is 0.877. The van der Waals surface area contributed by atoms with Gasteiger partial charge in [0, 0.05) is 22.7 Å². The van der Waals surface area contributed by atoms with Crippen molar-refractivity contribution in [3.63, 3.8) is 0 Å². The molecule has 86 valence electrons. The van der Waals surface area contributed by atoms with Crippen LogP contribution < -0.4 is 9.64 Å². The SMILES string of the molecule is COc1ccc(N2CC(S)CC2=O)c(Br)c1. The van der Waals surface area contributed by atoms with Crippen LogP contribution in [-0.4, -0.2) is 24.8 Å². The van der Waals surface area contributed by atoms with E-state index in [1.54, 1.807) is 12.0 Å². The second-order valence-corrected chi connectivity index (χ2v) is 5.26. The van der Waals surface area contributed by atoms with E-state index in [2.05, 4.69) is 28.6 Å². The Balaban J connectivity index is 2.30. The van der Waals surface area contributed by atoms with E-state index in [0.717, 1.165) is 15.9 Å². The van der Waals surface area contributed by atoms with Gasteiger partial charge in [0.15, 0.2) is 0 Å². The number of thiol groups is 1. The van der Waals surface area contributed by atoms with Crippen LogP contribution in [0.15, 0.2) is 22.7 Å². The molecule has 0 spiro atoms. The Hall–Kier alpha value is -0.680. The number of carbonyl (C=O) groups excluding carboxylic acids is 1. The fourth-order valence-electron chi connectivity index (χ4n) is 1.76. The second kappa shape index (κ2) is 4.67. The molecular formula is C11H12BrNO2S. The van der Waals surface area contributed by atoms with Gasteiger partial charge in [-0.15, -0.1) is 0 Å². The smallest absolute Gasteiger partial charge is 0.228 e. The van der Waals surface area contributed by atoms with Gasteiger partial charge >= 0.3 is 0 Å². The van der Waals surface area contributed by atoms with Crippen molar-refractivity contribution < 1.29 is 9.53 Å². The molecule has 1 aliphatic heterocycles. The number of ether oxygens (including phenoxy) is 1. The van der Waals surface area contributed by atoms with Crippen LogP contribution in [-0.2, 0) is 4.79 Å². The zero-order valence-corrected chi connectivity index (χ0v) is 11.3. The van der Waals surface area contributed by atoms with Crippen LogP contribution in [0.2, 0.25) is 0 Å². The van der Waals surface area contributed by atoms with Gasteiger partial charge in [-0.1, -0.05) is 0 Å². The van der Waals surface area contributed by atoms with E-state index >= 15 is 0 Å². The number of hydrogen-bond acceptors (Lipinski definition) is 3. The molecule has 0 radical (unpaired) electrons. The topological polar surface area (TPSA) is 29.5 Å². The van der Waals surface area contributed by atoms with Gasteiger partial charge in [0.05, 0.1) is 12.8 Å². The van der Waals surface area contributed by atoms with Crippen molar-refractivity contribution in [3.05, 3.63) is 22.7 Å². The number of rotatable bonds is 2. The quantitative estimate of drug-likeness (QED) is 0.851. The Morgan fingerprint density at radius 1 is 1.56 bits per heavy atom. The van der Waals surface area contributed by atoms with E-state index in [1.165, 1.54) is 0 Å². The lowest BCUT2D eigenvalue weighted by molar-refractivity contribution is -0.117. The van der Waals surface area contributed by atoms with Crippen molar-refractivity contribution >= 4 is 40.2 Å². The summed E-state index contributed by atoms with van der Waals surface area (Å²) in [7, 11) is 1.62. The molecule has 2 rings (SSSR count). The minimum absolute atomic E-state index is 0.117. The fourth-order valence-corrected chi connectivity index (χ4v) is 2.65. The minimum Gasteiger partial charge on any atom is -0.497 e. The first-order chi connectivity index (χ1) is 7.61. The highest BCUT2D eigenvalue weighted by molar-refractivity contribution is 9.10. The Kier molecular flexibility index (Phi) is 3.44. The zero-order chi connectivity index (χ0) is 11.7. The molecule has 0 saturated carbocycles. The summed E-state index contributed by atoms with van der Waals surface area (Å²) in [6.45, 7) is 0.660. The number of nitrogens with zero attached hydrogens (tertiary/aromatic N) is 1. The highest BCUT2D eigenvalue weighted by atomic mass is 79.9. The maximum Gasteiger partial charge on any atom is 0.228 e. The van der Waals surface area contributed by atoms with Gasteiger partial charge in [-0.3, -0.25) is 4.79 Å². The molecule has 1 unspecified atom stereocenters. The Morgan fingerprint density at radius 2 is 2.31 bits per heavy atom. The van der Waals surface area contributed by atoms with Crippen LogP contribution in [0.3, 0.4) is 0 Å². The second-order valence-electron chi connectivity index (χ2n) is 3.68. The molecule has 1 heterocycles. The molecule has 0 aliphatic carbocycles. The van der Waals surface area contributed by atoms with Crippen LogP contribution in [0, 0.1) is 0 Å². The molecule has 1 fully saturated rings. The number of hydrogen-bond donors (Lipinski definition) is 1. The van der Waals surface area contributed by atoms with Crippen molar-refractivity contribution in [1.82, 2.24) is 0 Å². The first-order valence-electron chi connectivity index (χ1n) is 4.94. The number of amides is 1. The highest BCUT2D eigenvalue weighted by Crippen LogP contribution is 2.33. The Labute approximate surface area is 108 Å². The monoisotopic (exact) mass is 301 g/mol. The van der Waals surface area contributed by atoms with Crippen molar-refractivity contribution in [2.24, 2.45) is 0 Å². The van der Waals surface area contributed by atoms with Gasteiger partial charge in [0.2, 0.25) is 5.91 Å². The number of methoxy groups -OCH3 is 1. The predicted octanol–water partition coefficient (Wildman–Crippen LogP) is 2.49. The Morgan fingerprint density at radius 3 is 2.81 bits per heavy atom. The highest BCUT2D eigenvalue weighted by Gasteiger charge is 2.29. The summed E-state index contributed by atoms with van der Waals surface area (Å²) in [6.07, 6.45) is 0.502. The average molecular weight is 302 g/mol. The molecule has 0 aromatic heterocycles. The van der Waals surface area contributed by atoms with E-state index in [0.29, 0.717) is 13.0 Å². The van der Waals surface area contributed by atoms with Gasteiger partial charge in [0.25, 0.3) is 0 Å². The molecule has 1 aromatic carbocycles. The maximum absolute atomic E-state index is 11.7. The van der Waals surface area contributed by atoms with Crippen LogP contribution in [0.1, 0.15) is 6.42 Å². The summed E-state index contributed by atoms with van der Waals surface area (Å²) < 4.78 is 5.98. The molecule has 1 saturated heterocycles. The molecule has 16 heavy (non-hydrogen) atoms. The summed E-state index contributed by atoms with van der Waals surface area (Å²) in [5, 5.41) is 0.126. The van der Waals surface area contributed by atoms with Crippen molar-refractivity contribution in [3.8, 4) is 5.75 Å². The lowest BCUT2D eigenvalue weighted by Gasteiger charge is -2.18. The number of halogens is 1. The molecule has 0 N–H and O–H groups in total. The van der Waals surface area contributed by atoms with E-state index < -0.39 is 0 Å². The molecule has 1 atom stereocenters. The summed E-state index contributed by atoms with van der Waals surface area (Å²) in [6, 6.07) is 5.58. The molecule has 1 aliphatic rings. The first-order valence-corrected chi connectivity index (χ1v) is 6.24. The molecule has 1 aromatic rings. The van der Waals surface area contributed by atoms with E-state index in [1.807, 2.05) is 18.2 Å². The summed E-state index contributed by atoms with van der Waals surface area (Å²) in [4.78, 5) is 13.5. The number of carbonyl (C=O) groups is 1. The molecular weight excluding hydrogens is 290 g/mol. The third-order valence-electron chi connectivity index (χ3n) is 2.55. The van der Waals surface area contributed by atoms with Gasteiger partial charge in [-0.05, 0) is 34.1 Å². The van der Waals surface area contributed by atoms with E-state index in [-0.39, 0.29) is 11.2 Å². The van der Waals surface area contributed by atoms with Crippen molar-refractivity contribution in [2.75, 3.05) is 18.6 Å². The van der Waals surface area contributed by atoms with Gasteiger partial charge in [-0.2, -0.15) is 12.6 Å². The van der Waals surface area contributed by atoms with Gasteiger partial charge in [-0.25, -0.2) is 0 Å². The van der Waals surface area contributed by atoms with Crippen molar-refractivity contribution in [1.29, 1.82) is 0 Å². The molecule has 5 heteroatoms. The summed E-state index contributed by atoms with van der Waals surface area (Å²) >= 11 is 7.78. The van der Waals surface area contributed by atoms with Crippen molar-refractivity contribution in [2.45, 2.75) is 11.7 Å². The fraction of sp³-hybridized carbons (Fsp3) is 0.364. The number of anilines is 1.